The van der Waals surface area contributed by atoms with Gasteiger partial charge in [0.2, 0.25) is 11.8 Å². The fraction of sp³-hybridized carbons (Fsp3) is 0.625. The highest BCUT2D eigenvalue weighted by Crippen LogP contribution is 2.44. The lowest BCUT2D eigenvalue weighted by Gasteiger charge is -2.34. The molecule has 1 saturated carbocycles. The normalized spacial score (nSPS) is 29.7. The molecular weight excluding hydrogens is 560 g/mol. The number of carbonyl (C=O) groups excluding carboxylic acids is 3. The Morgan fingerprint density at radius 3 is 2.60 bits per heavy atom. The van der Waals surface area contributed by atoms with Gasteiger partial charge in [0.05, 0.1) is 30.8 Å². The van der Waals surface area contributed by atoms with Crippen LogP contribution >= 0.6 is 0 Å². The number of nitrogens with one attached hydrogen (secondary N) is 1. The number of hydrogen-bond donors (Lipinski definition) is 1. The first-order valence-electron chi connectivity index (χ1n) is 15.1. The molecule has 1 saturated heterocycles. The third-order valence-electron chi connectivity index (χ3n) is 9.00. The summed E-state index contributed by atoms with van der Waals surface area (Å²) in [5.74, 6) is -3.77. The van der Waals surface area contributed by atoms with Crippen LogP contribution in [-0.2, 0) is 20.2 Å². The minimum Gasteiger partial charge on any atom is -0.497 e. The maximum absolute atomic E-state index is 15.9. The first kappa shape index (κ1) is 30.9. The van der Waals surface area contributed by atoms with Gasteiger partial charge in [0.1, 0.15) is 30.3 Å². The minimum absolute atomic E-state index is 0.0302. The van der Waals surface area contributed by atoms with Gasteiger partial charge < -0.3 is 29.2 Å². The van der Waals surface area contributed by atoms with Gasteiger partial charge in [-0.2, -0.15) is 0 Å². The van der Waals surface area contributed by atoms with Crippen molar-refractivity contribution in [3.8, 4) is 11.6 Å². The number of aldehydes is 1. The Labute approximate surface area is 250 Å². The molecule has 43 heavy (non-hydrogen) atoms. The molecule has 1 aromatic carbocycles. The van der Waals surface area contributed by atoms with Crippen LogP contribution in [0.2, 0.25) is 0 Å². The van der Waals surface area contributed by atoms with Crippen LogP contribution in [0.4, 0.5) is 13.6 Å². The topological polar surface area (TPSA) is 107 Å². The van der Waals surface area contributed by atoms with Crippen molar-refractivity contribution in [3.63, 3.8) is 0 Å². The van der Waals surface area contributed by atoms with E-state index < -0.39 is 53.9 Å². The van der Waals surface area contributed by atoms with E-state index in [4.69, 9.17) is 14.2 Å². The molecule has 2 fully saturated rings. The maximum Gasteiger partial charge on any atom is 0.408 e. The Hall–Kier alpha value is -3.50. The molecule has 0 unspecified atom stereocenters. The number of halogens is 2. The molecule has 6 atom stereocenters. The lowest BCUT2D eigenvalue weighted by atomic mass is 9.85. The summed E-state index contributed by atoms with van der Waals surface area (Å²) >= 11 is 0. The molecular formula is C32H41F2N3O6. The zero-order valence-electron chi connectivity index (χ0n) is 25.4. The lowest BCUT2D eigenvalue weighted by Crippen LogP contribution is -2.56. The first-order valence-corrected chi connectivity index (χ1v) is 15.1. The molecule has 234 valence electrons. The van der Waals surface area contributed by atoms with Gasteiger partial charge in [0.25, 0.3) is 5.92 Å². The van der Waals surface area contributed by atoms with E-state index in [9.17, 15) is 14.4 Å². The highest BCUT2D eigenvalue weighted by Gasteiger charge is 2.49. The van der Waals surface area contributed by atoms with Gasteiger partial charge in [-0.15, -0.1) is 0 Å². The number of nitrogens with zero attached hydrogens (tertiary/aromatic N) is 2. The lowest BCUT2D eigenvalue weighted by molar-refractivity contribution is -0.139. The predicted octanol–water partition coefficient (Wildman–Crippen LogP) is 5.62. The van der Waals surface area contributed by atoms with Crippen LogP contribution < -0.4 is 14.8 Å². The van der Waals surface area contributed by atoms with Crippen LogP contribution in [0.5, 0.6) is 11.6 Å². The summed E-state index contributed by atoms with van der Waals surface area (Å²) in [5.41, 5.74) is -0.597. The third kappa shape index (κ3) is 6.40. The number of alkyl carbamates (subject to hydrolysis) is 1. The molecule has 3 heterocycles. The number of rotatable bonds is 3. The third-order valence-corrected chi connectivity index (χ3v) is 9.00. The van der Waals surface area contributed by atoms with E-state index in [1.807, 2.05) is 27.7 Å². The molecule has 1 aromatic heterocycles. The average Bonchev–Trinajstić information content (AvgIpc) is 3.59. The molecule has 2 aromatic rings. The van der Waals surface area contributed by atoms with Crippen molar-refractivity contribution in [1.82, 2.24) is 15.2 Å². The largest absolute Gasteiger partial charge is 0.497 e. The zero-order chi connectivity index (χ0) is 31.1. The number of ether oxygens (including phenoxy) is 3. The van der Waals surface area contributed by atoms with Gasteiger partial charge in [-0.05, 0) is 55.2 Å². The van der Waals surface area contributed by atoms with Gasteiger partial charge in [0, 0.05) is 23.8 Å². The van der Waals surface area contributed by atoms with Crippen molar-refractivity contribution in [2.24, 2.45) is 17.3 Å². The van der Waals surface area contributed by atoms with Gasteiger partial charge >= 0.3 is 6.09 Å². The molecule has 2 aliphatic heterocycles. The summed E-state index contributed by atoms with van der Waals surface area (Å²) in [6.07, 6.45) is 1.09. The second-order valence-corrected chi connectivity index (χ2v) is 13.1. The van der Waals surface area contributed by atoms with Crippen LogP contribution in [0, 0.1) is 17.3 Å². The Kier molecular flexibility index (Phi) is 8.55. The second-order valence-electron chi connectivity index (χ2n) is 13.1. The van der Waals surface area contributed by atoms with Crippen molar-refractivity contribution >= 4 is 29.2 Å². The quantitative estimate of drug-likeness (QED) is 0.455. The summed E-state index contributed by atoms with van der Waals surface area (Å²) in [6, 6.07) is 4.59. The van der Waals surface area contributed by atoms with Crippen molar-refractivity contribution in [2.75, 3.05) is 13.7 Å². The molecule has 9 nitrogen and oxygen atoms in total. The smallest absolute Gasteiger partial charge is 0.408 e. The number of benzene rings is 1. The summed E-state index contributed by atoms with van der Waals surface area (Å²) in [6.45, 7) is 7.29. The first-order chi connectivity index (χ1) is 20.4. The monoisotopic (exact) mass is 601 g/mol. The maximum atomic E-state index is 15.9. The molecule has 2 amide bonds. The standard InChI is InChI=1S/C32H41F2N3O6/c1-6-21-24(17-38)37-16-26(21)42-28-22(13-18-10-11-20(41-5)15-23(18)35-28)32(33,34)12-8-7-9-19-14-25(19)43-30(40)36-27(29(37)39)31(2,3)4/h10-11,13,15,17,19,21,24-27H,6-9,12,14,16H2,1-5H3,(H,36,40)/t19-,21+,24-,25-,26+,27-/m1/s1. The average molecular weight is 602 g/mol. The number of fused-ring (bicyclic) bond motifs is 5. The molecule has 5 rings (SSSR count). The SMILES string of the molecule is CC[C@@H]1[C@@H]2CN(C(=O)[C@H](C(C)(C)C)NC(=O)O[C@@H]3C[C@H]3CCCCC(F)(F)c3cc4ccc(OC)cc4nc3O2)[C@@H]1C=O. The van der Waals surface area contributed by atoms with E-state index >= 15 is 8.78 Å². The van der Waals surface area contributed by atoms with E-state index in [-0.39, 0.29) is 36.4 Å². The van der Waals surface area contributed by atoms with Crippen LogP contribution in [0.1, 0.15) is 71.8 Å². The minimum atomic E-state index is -3.24. The number of amides is 2. The van der Waals surface area contributed by atoms with Crippen LogP contribution in [0.25, 0.3) is 10.9 Å². The number of alkyl halides is 2. The highest BCUT2D eigenvalue weighted by molar-refractivity contribution is 5.89. The van der Waals surface area contributed by atoms with Crippen LogP contribution in [-0.4, -0.2) is 66.1 Å². The molecule has 1 N–H and O–H groups in total. The number of aromatic nitrogens is 1. The van der Waals surface area contributed by atoms with Gasteiger partial charge in [0.15, 0.2) is 0 Å². The summed E-state index contributed by atoms with van der Waals surface area (Å²) in [4.78, 5) is 45.2. The number of pyridine rings is 1. The van der Waals surface area contributed by atoms with Gasteiger partial charge in [-0.1, -0.05) is 34.1 Å². The van der Waals surface area contributed by atoms with Gasteiger partial charge in [-0.3, -0.25) is 4.79 Å². The molecule has 1 aliphatic carbocycles. The number of hydrogen-bond acceptors (Lipinski definition) is 7. The number of methoxy groups -OCH3 is 1. The van der Waals surface area contributed by atoms with Crippen LogP contribution in [0.15, 0.2) is 24.3 Å². The molecule has 2 bridgehead atoms. The fourth-order valence-electron chi connectivity index (χ4n) is 6.35. The van der Waals surface area contributed by atoms with Crippen molar-refractivity contribution in [2.45, 2.75) is 96.4 Å². The Morgan fingerprint density at radius 1 is 1.16 bits per heavy atom. The van der Waals surface area contributed by atoms with Crippen molar-refractivity contribution < 1.29 is 37.4 Å². The van der Waals surface area contributed by atoms with E-state index in [1.165, 1.54) is 18.1 Å². The second kappa shape index (κ2) is 11.9. The van der Waals surface area contributed by atoms with E-state index in [0.29, 0.717) is 48.6 Å². The fourth-order valence-corrected chi connectivity index (χ4v) is 6.35. The zero-order valence-corrected chi connectivity index (χ0v) is 25.4. The Balaban J connectivity index is 1.57. The van der Waals surface area contributed by atoms with Gasteiger partial charge in [-0.25, -0.2) is 18.6 Å². The van der Waals surface area contributed by atoms with Crippen LogP contribution in [0.3, 0.4) is 0 Å². The predicted molar refractivity (Wildman–Crippen MR) is 155 cm³/mol. The molecule has 0 spiro atoms. The van der Waals surface area contributed by atoms with Crippen molar-refractivity contribution in [3.05, 3.63) is 29.8 Å². The summed E-state index contributed by atoms with van der Waals surface area (Å²) in [7, 11) is 1.51. The molecule has 11 heteroatoms. The highest BCUT2D eigenvalue weighted by atomic mass is 19.3. The summed E-state index contributed by atoms with van der Waals surface area (Å²) in [5, 5.41) is 3.27. The Morgan fingerprint density at radius 2 is 1.93 bits per heavy atom. The number of carbonyl (C=O) groups is 3. The summed E-state index contributed by atoms with van der Waals surface area (Å²) < 4.78 is 49.1. The van der Waals surface area contributed by atoms with E-state index in [0.717, 1.165) is 0 Å². The Bertz CT molecular complexity index is 1380. The van der Waals surface area contributed by atoms with E-state index in [2.05, 4.69) is 10.3 Å². The molecule has 0 radical (unpaired) electrons. The van der Waals surface area contributed by atoms with E-state index in [1.54, 1.807) is 18.2 Å². The van der Waals surface area contributed by atoms with Crippen molar-refractivity contribution in [1.29, 1.82) is 0 Å². The molecule has 3 aliphatic rings.